The van der Waals surface area contributed by atoms with Gasteiger partial charge in [-0.2, -0.15) is 0 Å². The van der Waals surface area contributed by atoms with Crippen molar-refractivity contribution in [1.29, 1.82) is 0 Å². The maximum Gasteiger partial charge on any atom is 0.125 e. The second-order valence-corrected chi connectivity index (χ2v) is 3.60. The lowest BCUT2D eigenvalue weighted by atomic mass is 10.4. The van der Waals surface area contributed by atoms with Gasteiger partial charge in [0.05, 0.1) is 13.2 Å². The minimum Gasteiger partial charge on any atom is -0.379 e. The summed E-state index contributed by atoms with van der Waals surface area (Å²) in [7, 11) is 0. The Kier molecular flexibility index (Phi) is 3.93. The summed E-state index contributed by atoms with van der Waals surface area (Å²) in [5, 5.41) is 3.30. The molecule has 1 aliphatic heterocycles. The van der Waals surface area contributed by atoms with Gasteiger partial charge in [-0.1, -0.05) is 6.07 Å². The fourth-order valence-corrected chi connectivity index (χ4v) is 1.63. The highest BCUT2D eigenvalue weighted by Crippen LogP contribution is 2.00. The molecule has 1 N–H and O–H groups in total. The summed E-state index contributed by atoms with van der Waals surface area (Å²) in [6, 6.07) is 5.90. The van der Waals surface area contributed by atoms with Gasteiger partial charge in [-0.3, -0.25) is 4.90 Å². The fraction of sp³-hybridized carbons (Fsp3) is 0.545. The summed E-state index contributed by atoms with van der Waals surface area (Å²) < 4.78 is 5.29. The van der Waals surface area contributed by atoms with Crippen LogP contribution in [-0.4, -0.2) is 49.3 Å². The van der Waals surface area contributed by atoms with Crippen LogP contribution in [0, 0.1) is 0 Å². The van der Waals surface area contributed by atoms with Crippen molar-refractivity contribution in [2.24, 2.45) is 0 Å². The first-order chi connectivity index (χ1) is 7.45. The van der Waals surface area contributed by atoms with Gasteiger partial charge in [-0.15, -0.1) is 0 Å². The molecule has 1 aromatic heterocycles. The molecule has 0 aromatic carbocycles. The molecule has 2 rings (SSSR count). The number of rotatable bonds is 4. The smallest absolute Gasteiger partial charge is 0.125 e. The van der Waals surface area contributed by atoms with E-state index in [1.807, 2.05) is 18.2 Å². The second-order valence-electron chi connectivity index (χ2n) is 3.60. The number of ether oxygens (including phenoxy) is 1. The summed E-state index contributed by atoms with van der Waals surface area (Å²) in [4.78, 5) is 6.61. The number of morpholine rings is 1. The van der Waals surface area contributed by atoms with E-state index in [2.05, 4.69) is 15.2 Å². The third-order valence-corrected chi connectivity index (χ3v) is 2.50. The standard InChI is InChI=1S/C11H17N3O/c1-2-4-12-11(3-1)13-5-6-14-7-9-15-10-8-14/h1-4H,5-10H2,(H,12,13). The number of nitrogens with zero attached hydrogens (tertiary/aromatic N) is 2. The van der Waals surface area contributed by atoms with Crippen molar-refractivity contribution in [1.82, 2.24) is 9.88 Å². The highest BCUT2D eigenvalue weighted by Gasteiger charge is 2.08. The van der Waals surface area contributed by atoms with Crippen LogP contribution in [0.1, 0.15) is 0 Å². The monoisotopic (exact) mass is 207 g/mol. The highest BCUT2D eigenvalue weighted by atomic mass is 16.5. The molecule has 4 nitrogen and oxygen atoms in total. The van der Waals surface area contributed by atoms with Gasteiger partial charge in [-0.25, -0.2) is 4.98 Å². The molecule has 1 fully saturated rings. The fourth-order valence-electron chi connectivity index (χ4n) is 1.63. The molecule has 0 radical (unpaired) electrons. The molecule has 1 aliphatic rings. The quantitative estimate of drug-likeness (QED) is 0.793. The molecule has 1 aromatic rings. The van der Waals surface area contributed by atoms with Gasteiger partial charge in [0.2, 0.25) is 0 Å². The van der Waals surface area contributed by atoms with Gasteiger partial charge in [0.25, 0.3) is 0 Å². The zero-order chi connectivity index (χ0) is 10.3. The lowest BCUT2D eigenvalue weighted by Gasteiger charge is -2.26. The molecular formula is C11H17N3O. The van der Waals surface area contributed by atoms with Crippen molar-refractivity contribution >= 4 is 5.82 Å². The van der Waals surface area contributed by atoms with E-state index in [-0.39, 0.29) is 0 Å². The summed E-state index contributed by atoms with van der Waals surface area (Å²) in [6.07, 6.45) is 1.80. The van der Waals surface area contributed by atoms with Gasteiger partial charge >= 0.3 is 0 Å². The average Bonchev–Trinajstić information content (AvgIpc) is 2.32. The maximum atomic E-state index is 5.29. The average molecular weight is 207 g/mol. The van der Waals surface area contributed by atoms with E-state index < -0.39 is 0 Å². The Labute approximate surface area is 90.3 Å². The molecule has 0 spiro atoms. The number of pyridine rings is 1. The predicted molar refractivity (Wildman–Crippen MR) is 60.0 cm³/mol. The number of anilines is 1. The van der Waals surface area contributed by atoms with Crippen molar-refractivity contribution in [3.63, 3.8) is 0 Å². The number of nitrogens with one attached hydrogen (secondary N) is 1. The maximum absolute atomic E-state index is 5.29. The Balaban J connectivity index is 1.66. The Morgan fingerprint density at radius 1 is 1.33 bits per heavy atom. The Morgan fingerprint density at radius 3 is 2.93 bits per heavy atom. The molecule has 2 heterocycles. The van der Waals surface area contributed by atoms with E-state index in [4.69, 9.17) is 4.74 Å². The van der Waals surface area contributed by atoms with E-state index in [9.17, 15) is 0 Å². The highest BCUT2D eigenvalue weighted by molar-refractivity contribution is 5.32. The molecule has 0 bridgehead atoms. The van der Waals surface area contributed by atoms with Crippen LogP contribution in [0.25, 0.3) is 0 Å². The molecular weight excluding hydrogens is 190 g/mol. The minimum absolute atomic E-state index is 0.865. The van der Waals surface area contributed by atoms with Gasteiger partial charge in [-0.05, 0) is 12.1 Å². The predicted octanol–water partition coefficient (Wildman–Crippen LogP) is 0.826. The van der Waals surface area contributed by atoms with Crippen molar-refractivity contribution in [2.75, 3.05) is 44.7 Å². The molecule has 0 atom stereocenters. The molecule has 1 saturated heterocycles. The molecule has 4 heteroatoms. The first-order valence-corrected chi connectivity index (χ1v) is 5.40. The minimum atomic E-state index is 0.865. The Bertz CT molecular complexity index is 272. The Morgan fingerprint density at radius 2 is 2.20 bits per heavy atom. The zero-order valence-electron chi connectivity index (χ0n) is 8.85. The first kappa shape index (κ1) is 10.4. The van der Waals surface area contributed by atoms with Crippen molar-refractivity contribution in [3.05, 3.63) is 24.4 Å². The third-order valence-electron chi connectivity index (χ3n) is 2.50. The van der Waals surface area contributed by atoms with E-state index >= 15 is 0 Å². The summed E-state index contributed by atoms with van der Waals surface area (Å²) in [5.74, 6) is 0.950. The Hall–Kier alpha value is -1.13. The molecule has 82 valence electrons. The van der Waals surface area contributed by atoms with Crippen LogP contribution in [0.4, 0.5) is 5.82 Å². The van der Waals surface area contributed by atoms with E-state index in [0.717, 1.165) is 45.2 Å². The molecule has 15 heavy (non-hydrogen) atoms. The lowest BCUT2D eigenvalue weighted by Crippen LogP contribution is -2.39. The molecule has 0 amide bonds. The normalized spacial score (nSPS) is 17.6. The van der Waals surface area contributed by atoms with E-state index in [1.54, 1.807) is 6.20 Å². The van der Waals surface area contributed by atoms with Crippen LogP contribution >= 0.6 is 0 Å². The zero-order valence-corrected chi connectivity index (χ0v) is 8.85. The lowest BCUT2D eigenvalue weighted by molar-refractivity contribution is 0.0398. The van der Waals surface area contributed by atoms with Crippen LogP contribution in [0.3, 0.4) is 0 Å². The van der Waals surface area contributed by atoms with E-state index in [0.29, 0.717) is 0 Å². The summed E-state index contributed by atoms with van der Waals surface area (Å²) >= 11 is 0. The second kappa shape index (κ2) is 5.68. The van der Waals surface area contributed by atoms with Crippen molar-refractivity contribution in [2.45, 2.75) is 0 Å². The first-order valence-electron chi connectivity index (χ1n) is 5.40. The largest absolute Gasteiger partial charge is 0.379 e. The molecule has 0 aliphatic carbocycles. The number of hydrogen-bond acceptors (Lipinski definition) is 4. The van der Waals surface area contributed by atoms with Gasteiger partial charge in [0.15, 0.2) is 0 Å². The number of aromatic nitrogens is 1. The van der Waals surface area contributed by atoms with Crippen LogP contribution in [0.2, 0.25) is 0 Å². The summed E-state index contributed by atoms with van der Waals surface area (Å²) in [6.45, 7) is 5.82. The van der Waals surface area contributed by atoms with E-state index in [1.165, 1.54) is 0 Å². The number of hydrogen-bond donors (Lipinski definition) is 1. The topological polar surface area (TPSA) is 37.4 Å². The summed E-state index contributed by atoms with van der Waals surface area (Å²) in [5.41, 5.74) is 0. The molecule has 0 saturated carbocycles. The third kappa shape index (κ3) is 3.49. The molecule has 0 unspecified atom stereocenters. The van der Waals surface area contributed by atoms with Gasteiger partial charge < -0.3 is 10.1 Å². The van der Waals surface area contributed by atoms with Crippen LogP contribution < -0.4 is 5.32 Å². The van der Waals surface area contributed by atoms with Crippen molar-refractivity contribution < 1.29 is 4.74 Å². The van der Waals surface area contributed by atoms with Gasteiger partial charge in [0, 0.05) is 32.4 Å². The van der Waals surface area contributed by atoms with Gasteiger partial charge in [0.1, 0.15) is 5.82 Å². The van der Waals surface area contributed by atoms with Crippen LogP contribution in [0.15, 0.2) is 24.4 Å². The SMILES string of the molecule is c1ccc(NCCN2CCOCC2)nc1. The van der Waals surface area contributed by atoms with Crippen molar-refractivity contribution in [3.8, 4) is 0 Å². The van der Waals surface area contributed by atoms with Crippen LogP contribution in [-0.2, 0) is 4.74 Å². The van der Waals surface area contributed by atoms with Crippen LogP contribution in [0.5, 0.6) is 0 Å².